The monoisotopic (exact) mass is 445 g/mol. The number of hydrogen-bond donors (Lipinski definition) is 5. The van der Waals surface area contributed by atoms with E-state index in [-0.39, 0.29) is 0 Å². The molecule has 4 unspecified atom stereocenters. The second-order valence-corrected chi connectivity index (χ2v) is 9.04. The molecular formula is C25H51NO5. The van der Waals surface area contributed by atoms with Crippen molar-refractivity contribution < 1.29 is 25.2 Å². The fourth-order valence-corrected chi connectivity index (χ4v) is 3.87. The van der Waals surface area contributed by atoms with Crippen molar-refractivity contribution in [3.05, 3.63) is 0 Å². The van der Waals surface area contributed by atoms with Crippen LogP contribution in [0, 0.1) is 0 Å². The van der Waals surface area contributed by atoms with Crippen molar-refractivity contribution in [3.8, 4) is 0 Å². The van der Waals surface area contributed by atoms with Crippen molar-refractivity contribution in [1.82, 2.24) is 5.32 Å². The Labute approximate surface area is 190 Å². The summed E-state index contributed by atoms with van der Waals surface area (Å²) in [5, 5.41) is 42.3. The van der Waals surface area contributed by atoms with Crippen molar-refractivity contribution in [2.75, 3.05) is 6.61 Å². The van der Waals surface area contributed by atoms with Gasteiger partial charge in [-0.25, -0.2) is 0 Å². The number of hydrogen-bond acceptors (Lipinski definition) is 5. The normalized spacial score (nSPS) is 15.4. The van der Waals surface area contributed by atoms with Crippen LogP contribution in [0.15, 0.2) is 0 Å². The highest BCUT2D eigenvalue weighted by atomic mass is 16.3. The van der Waals surface area contributed by atoms with Crippen LogP contribution >= 0.6 is 0 Å². The number of rotatable bonds is 22. The lowest BCUT2D eigenvalue weighted by Crippen LogP contribution is -2.53. The summed E-state index contributed by atoms with van der Waals surface area (Å²) in [5.74, 6) is -0.595. The Morgan fingerprint density at radius 3 is 1.58 bits per heavy atom. The number of carbonyl (C=O) groups is 1. The zero-order valence-corrected chi connectivity index (χ0v) is 20.2. The zero-order chi connectivity index (χ0) is 23.3. The van der Waals surface area contributed by atoms with Crippen LogP contribution in [-0.2, 0) is 4.79 Å². The molecule has 0 rings (SSSR count). The Morgan fingerprint density at radius 1 is 0.677 bits per heavy atom. The molecule has 5 N–H and O–H groups in total. The van der Waals surface area contributed by atoms with E-state index in [0.29, 0.717) is 12.8 Å². The summed E-state index contributed by atoms with van der Waals surface area (Å²) in [5.41, 5.74) is 0. The number of nitrogens with one attached hydrogen (secondary N) is 1. The van der Waals surface area contributed by atoms with Crippen molar-refractivity contribution in [1.29, 1.82) is 0 Å². The molecule has 0 aromatic carbocycles. The largest absolute Gasteiger partial charge is 0.394 e. The van der Waals surface area contributed by atoms with Gasteiger partial charge in [0.05, 0.1) is 18.8 Å². The summed E-state index contributed by atoms with van der Waals surface area (Å²) < 4.78 is 0. The zero-order valence-electron chi connectivity index (χ0n) is 20.2. The minimum absolute atomic E-state index is 0.372. The SMILES string of the molecule is CCCCCCCCCCCCCCC(O)C(=O)NC(CO)C(O)C(O)CCCCC. The van der Waals surface area contributed by atoms with E-state index >= 15 is 0 Å². The van der Waals surface area contributed by atoms with Crippen molar-refractivity contribution in [2.24, 2.45) is 0 Å². The molecule has 6 heteroatoms. The molecule has 0 aliphatic carbocycles. The molecule has 0 fully saturated rings. The van der Waals surface area contributed by atoms with Crippen LogP contribution in [0.1, 0.15) is 123 Å². The topological polar surface area (TPSA) is 110 Å². The summed E-state index contributed by atoms with van der Waals surface area (Å²) in [6.45, 7) is 3.81. The first-order chi connectivity index (χ1) is 15.0. The van der Waals surface area contributed by atoms with E-state index in [9.17, 15) is 25.2 Å². The number of aliphatic hydroxyl groups excluding tert-OH is 4. The number of unbranched alkanes of at least 4 members (excludes halogenated alkanes) is 13. The lowest BCUT2D eigenvalue weighted by Gasteiger charge is -2.27. The van der Waals surface area contributed by atoms with E-state index in [0.717, 1.165) is 38.5 Å². The van der Waals surface area contributed by atoms with Gasteiger partial charge in [0.25, 0.3) is 0 Å². The molecule has 31 heavy (non-hydrogen) atoms. The number of amides is 1. The summed E-state index contributed by atoms with van der Waals surface area (Å²) in [7, 11) is 0. The van der Waals surface area contributed by atoms with Crippen LogP contribution < -0.4 is 5.32 Å². The standard InChI is InChI=1S/C25H51NO5/c1-3-5-7-8-9-10-11-12-13-14-15-17-19-23(29)25(31)26-21(20-27)24(30)22(28)18-16-6-4-2/h21-24,27-30H,3-20H2,1-2H3,(H,26,31). The second-order valence-electron chi connectivity index (χ2n) is 9.04. The molecule has 1 amide bonds. The Hall–Kier alpha value is -0.690. The number of aliphatic hydroxyl groups is 4. The van der Waals surface area contributed by atoms with Crippen LogP contribution in [0.2, 0.25) is 0 Å². The molecule has 0 aromatic heterocycles. The van der Waals surface area contributed by atoms with Crippen LogP contribution in [0.3, 0.4) is 0 Å². The third-order valence-electron chi connectivity index (χ3n) is 6.07. The molecule has 0 bridgehead atoms. The highest BCUT2D eigenvalue weighted by Gasteiger charge is 2.28. The number of carbonyl (C=O) groups excluding carboxylic acids is 1. The Bertz CT molecular complexity index is 407. The highest BCUT2D eigenvalue weighted by molar-refractivity contribution is 5.80. The van der Waals surface area contributed by atoms with Gasteiger partial charge in [0.1, 0.15) is 12.2 Å². The fourth-order valence-electron chi connectivity index (χ4n) is 3.87. The molecule has 0 aromatic rings. The van der Waals surface area contributed by atoms with Crippen LogP contribution in [0.4, 0.5) is 0 Å². The van der Waals surface area contributed by atoms with Crippen molar-refractivity contribution in [3.63, 3.8) is 0 Å². The van der Waals surface area contributed by atoms with E-state index < -0.39 is 36.9 Å². The van der Waals surface area contributed by atoms with E-state index in [4.69, 9.17) is 0 Å². The molecule has 0 aliphatic heterocycles. The molecule has 186 valence electrons. The third kappa shape index (κ3) is 16.6. The first-order valence-corrected chi connectivity index (χ1v) is 12.9. The van der Waals surface area contributed by atoms with E-state index in [1.165, 1.54) is 57.8 Å². The van der Waals surface area contributed by atoms with Gasteiger partial charge >= 0.3 is 0 Å². The second kappa shape index (κ2) is 21.2. The maximum Gasteiger partial charge on any atom is 0.249 e. The van der Waals surface area contributed by atoms with Gasteiger partial charge < -0.3 is 25.7 Å². The van der Waals surface area contributed by atoms with E-state index in [2.05, 4.69) is 19.2 Å². The van der Waals surface area contributed by atoms with Gasteiger partial charge in [-0.15, -0.1) is 0 Å². The fraction of sp³-hybridized carbons (Fsp3) is 0.960. The summed E-state index contributed by atoms with van der Waals surface area (Å²) >= 11 is 0. The molecule has 0 heterocycles. The maximum atomic E-state index is 12.2. The van der Waals surface area contributed by atoms with Gasteiger partial charge in [-0.05, 0) is 12.8 Å². The van der Waals surface area contributed by atoms with Gasteiger partial charge in [0.15, 0.2) is 0 Å². The minimum atomic E-state index is -1.25. The maximum absolute atomic E-state index is 12.2. The minimum Gasteiger partial charge on any atom is -0.394 e. The van der Waals surface area contributed by atoms with Crippen LogP contribution in [-0.4, -0.2) is 57.3 Å². The lowest BCUT2D eigenvalue weighted by atomic mass is 10.00. The van der Waals surface area contributed by atoms with Crippen molar-refractivity contribution in [2.45, 2.75) is 147 Å². The first-order valence-electron chi connectivity index (χ1n) is 12.9. The third-order valence-corrected chi connectivity index (χ3v) is 6.07. The molecular weight excluding hydrogens is 394 g/mol. The smallest absolute Gasteiger partial charge is 0.249 e. The molecule has 0 radical (unpaired) electrons. The van der Waals surface area contributed by atoms with E-state index in [1.54, 1.807) is 0 Å². The van der Waals surface area contributed by atoms with Gasteiger partial charge in [0.2, 0.25) is 5.91 Å². The Balaban J connectivity index is 3.85. The molecule has 0 saturated carbocycles. The summed E-state index contributed by atoms with van der Waals surface area (Å²) in [6, 6.07) is -0.972. The Kier molecular flexibility index (Phi) is 20.7. The molecule has 0 aliphatic rings. The lowest BCUT2D eigenvalue weighted by molar-refractivity contribution is -0.132. The van der Waals surface area contributed by atoms with Crippen LogP contribution in [0.25, 0.3) is 0 Å². The molecule has 0 saturated heterocycles. The van der Waals surface area contributed by atoms with Gasteiger partial charge in [-0.3, -0.25) is 4.79 Å². The highest BCUT2D eigenvalue weighted by Crippen LogP contribution is 2.14. The molecule has 6 nitrogen and oxygen atoms in total. The van der Waals surface area contributed by atoms with E-state index in [1.807, 2.05) is 0 Å². The Morgan fingerprint density at radius 2 is 1.10 bits per heavy atom. The molecule has 0 spiro atoms. The van der Waals surface area contributed by atoms with Crippen molar-refractivity contribution >= 4 is 5.91 Å². The average Bonchev–Trinajstić information content (AvgIpc) is 2.77. The predicted octanol–water partition coefficient (Wildman–Crippen LogP) is 4.22. The van der Waals surface area contributed by atoms with Crippen LogP contribution in [0.5, 0.6) is 0 Å². The van der Waals surface area contributed by atoms with Gasteiger partial charge in [0, 0.05) is 0 Å². The molecule has 4 atom stereocenters. The first kappa shape index (κ1) is 30.3. The quantitative estimate of drug-likeness (QED) is 0.160. The van der Waals surface area contributed by atoms with Gasteiger partial charge in [-0.1, -0.05) is 110 Å². The predicted molar refractivity (Wildman–Crippen MR) is 127 cm³/mol. The van der Waals surface area contributed by atoms with Gasteiger partial charge in [-0.2, -0.15) is 0 Å². The summed E-state index contributed by atoms with van der Waals surface area (Å²) in [4.78, 5) is 12.2. The summed E-state index contributed by atoms with van der Waals surface area (Å²) in [6.07, 6.45) is 14.8. The average molecular weight is 446 g/mol.